The van der Waals surface area contributed by atoms with Gasteiger partial charge in [-0.25, -0.2) is 3.96 Å². The van der Waals surface area contributed by atoms with Crippen molar-refractivity contribution in [2.75, 3.05) is 5.73 Å². The van der Waals surface area contributed by atoms with E-state index in [1.54, 1.807) is 3.96 Å². The molecule has 1 aromatic heterocycles. The molecule has 0 saturated heterocycles. The molecule has 0 atom stereocenters. The Labute approximate surface area is 115 Å². The molecule has 0 fully saturated rings. The molecule has 3 aromatic rings. The van der Waals surface area contributed by atoms with Crippen LogP contribution in [-0.4, -0.2) is 3.96 Å². The van der Waals surface area contributed by atoms with E-state index in [0.717, 1.165) is 33.4 Å². The summed E-state index contributed by atoms with van der Waals surface area (Å²) in [4.78, 5) is 12.3. The fraction of sp³-hybridized carbons (Fsp3) is 0.133. The number of aryl methyl sites for hydroxylation is 1. The van der Waals surface area contributed by atoms with E-state index in [9.17, 15) is 4.79 Å². The maximum absolute atomic E-state index is 12.3. The molecule has 0 aliphatic carbocycles. The van der Waals surface area contributed by atoms with Crippen LogP contribution in [0.4, 0.5) is 5.69 Å². The number of anilines is 1. The fourth-order valence-electron chi connectivity index (χ4n) is 2.17. The predicted molar refractivity (Wildman–Crippen MR) is 81.2 cm³/mol. The average Bonchev–Trinajstić information content (AvgIpc) is 2.77. The molecule has 0 spiro atoms. The molecule has 3 rings (SSSR count). The van der Waals surface area contributed by atoms with Gasteiger partial charge in [-0.2, -0.15) is 0 Å². The van der Waals surface area contributed by atoms with E-state index in [1.165, 1.54) is 11.5 Å². The van der Waals surface area contributed by atoms with Gasteiger partial charge >= 0.3 is 0 Å². The monoisotopic (exact) mass is 270 g/mol. The van der Waals surface area contributed by atoms with Crippen LogP contribution in [0.5, 0.6) is 0 Å². The topological polar surface area (TPSA) is 48.0 Å². The number of benzene rings is 2. The third-order valence-electron chi connectivity index (χ3n) is 3.24. The van der Waals surface area contributed by atoms with Crippen molar-refractivity contribution in [3.63, 3.8) is 0 Å². The minimum atomic E-state index is 0.0178. The maximum atomic E-state index is 12.3. The molecule has 2 aromatic carbocycles. The van der Waals surface area contributed by atoms with E-state index in [0.29, 0.717) is 0 Å². The highest BCUT2D eigenvalue weighted by Gasteiger charge is 2.09. The van der Waals surface area contributed by atoms with Crippen molar-refractivity contribution in [2.45, 2.75) is 13.3 Å². The molecule has 4 heteroatoms. The first-order valence-corrected chi connectivity index (χ1v) is 6.98. The summed E-state index contributed by atoms with van der Waals surface area (Å²) in [5.74, 6) is 0. The first-order chi connectivity index (χ1) is 9.20. The van der Waals surface area contributed by atoms with Crippen molar-refractivity contribution < 1.29 is 0 Å². The Morgan fingerprint density at radius 1 is 1.21 bits per heavy atom. The number of nitrogens with zero attached hydrogens (tertiary/aromatic N) is 1. The number of rotatable bonds is 2. The molecule has 0 aliphatic rings. The van der Waals surface area contributed by atoms with Crippen LogP contribution >= 0.6 is 11.5 Å². The molecular formula is C15H14N2OS. The molecule has 2 N–H and O–H groups in total. The Bertz CT molecular complexity index is 801. The summed E-state index contributed by atoms with van der Waals surface area (Å²) in [6, 6.07) is 13.5. The van der Waals surface area contributed by atoms with Crippen molar-refractivity contribution in [1.29, 1.82) is 0 Å². The Kier molecular flexibility index (Phi) is 2.87. The van der Waals surface area contributed by atoms with Gasteiger partial charge in [0.05, 0.1) is 15.8 Å². The maximum Gasteiger partial charge on any atom is 0.273 e. The molecule has 0 amide bonds. The number of hydrogen-bond donors (Lipinski definition) is 1. The molecule has 0 saturated carbocycles. The van der Waals surface area contributed by atoms with Gasteiger partial charge in [0.25, 0.3) is 5.56 Å². The van der Waals surface area contributed by atoms with Crippen LogP contribution in [0.1, 0.15) is 12.5 Å². The summed E-state index contributed by atoms with van der Waals surface area (Å²) in [5, 5.41) is 0.755. The quantitative estimate of drug-likeness (QED) is 0.727. The number of nitrogen functional groups attached to an aromatic ring is 1. The van der Waals surface area contributed by atoms with Crippen molar-refractivity contribution >= 4 is 27.3 Å². The Hall–Kier alpha value is -2.07. The Balaban J connectivity index is 2.22. The summed E-state index contributed by atoms with van der Waals surface area (Å²) in [6.45, 7) is 2.07. The highest BCUT2D eigenvalue weighted by atomic mass is 32.1. The second-order valence-corrected chi connectivity index (χ2v) is 5.41. The SMILES string of the molecule is CCc1ccc(-n2sc3ccccc3c2=O)cc1N. The second kappa shape index (κ2) is 4.55. The summed E-state index contributed by atoms with van der Waals surface area (Å²) in [6.07, 6.45) is 0.896. The van der Waals surface area contributed by atoms with E-state index >= 15 is 0 Å². The Morgan fingerprint density at radius 3 is 2.68 bits per heavy atom. The van der Waals surface area contributed by atoms with Gasteiger partial charge in [-0.05, 0) is 36.2 Å². The van der Waals surface area contributed by atoms with Crippen molar-refractivity contribution in [2.24, 2.45) is 0 Å². The number of aromatic nitrogens is 1. The van der Waals surface area contributed by atoms with E-state index < -0.39 is 0 Å². The number of fused-ring (bicyclic) bond motifs is 1. The summed E-state index contributed by atoms with van der Waals surface area (Å²) < 4.78 is 2.69. The fourth-order valence-corrected chi connectivity index (χ4v) is 3.16. The lowest BCUT2D eigenvalue weighted by atomic mass is 10.1. The van der Waals surface area contributed by atoms with Gasteiger partial charge < -0.3 is 5.73 Å². The minimum absolute atomic E-state index is 0.0178. The van der Waals surface area contributed by atoms with Crippen molar-refractivity contribution in [1.82, 2.24) is 3.96 Å². The molecule has 0 unspecified atom stereocenters. The molecule has 0 radical (unpaired) electrons. The zero-order valence-corrected chi connectivity index (χ0v) is 11.4. The van der Waals surface area contributed by atoms with E-state index in [4.69, 9.17) is 5.73 Å². The van der Waals surface area contributed by atoms with Crippen LogP contribution in [0.25, 0.3) is 15.8 Å². The molecule has 0 bridgehead atoms. The predicted octanol–water partition coefficient (Wildman–Crippen LogP) is 3.20. The lowest BCUT2D eigenvalue weighted by Gasteiger charge is -2.06. The average molecular weight is 270 g/mol. The van der Waals surface area contributed by atoms with Crippen LogP contribution in [0.2, 0.25) is 0 Å². The first kappa shape index (κ1) is 12.0. The molecule has 1 heterocycles. The van der Waals surface area contributed by atoms with Gasteiger partial charge in [-0.1, -0.05) is 36.7 Å². The first-order valence-electron chi connectivity index (χ1n) is 6.20. The van der Waals surface area contributed by atoms with E-state index in [2.05, 4.69) is 6.92 Å². The van der Waals surface area contributed by atoms with E-state index in [1.807, 2.05) is 42.5 Å². The third-order valence-corrected chi connectivity index (χ3v) is 4.35. The van der Waals surface area contributed by atoms with Gasteiger partial charge in [0.1, 0.15) is 0 Å². The molecular weight excluding hydrogens is 256 g/mol. The zero-order chi connectivity index (χ0) is 13.4. The number of hydrogen-bond acceptors (Lipinski definition) is 3. The van der Waals surface area contributed by atoms with Crippen molar-refractivity contribution in [3.05, 3.63) is 58.4 Å². The van der Waals surface area contributed by atoms with Gasteiger partial charge in [-0.3, -0.25) is 4.79 Å². The van der Waals surface area contributed by atoms with Crippen LogP contribution in [-0.2, 0) is 6.42 Å². The Morgan fingerprint density at radius 2 is 2.00 bits per heavy atom. The minimum Gasteiger partial charge on any atom is -0.398 e. The van der Waals surface area contributed by atoms with Crippen LogP contribution in [0.15, 0.2) is 47.3 Å². The van der Waals surface area contributed by atoms with Gasteiger partial charge in [0.2, 0.25) is 0 Å². The summed E-state index contributed by atoms with van der Waals surface area (Å²) in [5.41, 5.74) is 8.70. The standard InChI is InChI=1S/C15H14N2OS/c1-2-10-7-8-11(9-13(10)16)17-15(18)12-5-3-4-6-14(12)19-17/h3-9H,2,16H2,1H3. The second-order valence-electron chi connectivity index (χ2n) is 4.42. The highest BCUT2D eigenvalue weighted by molar-refractivity contribution is 7.14. The lowest BCUT2D eigenvalue weighted by Crippen LogP contribution is -2.11. The smallest absolute Gasteiger partial charge is 0.273 e. The van der Waals surface area contributed by atoms with Crippen LogP contribution in [0, 0.1) is 0 Å². The lowest BCUT2D eigenvalue weighted by molar-refractivity contribution is 1.11. The third kappa shape index (κ3) is 1.94. The normalized spacial score (nSPS) is 11.0. The van der Waals surface area contributed by atoms with E-state index in [-0.39, 0.29) is 5.56 Å². The largest absolute Gasteiger partial charge is 0.398 e. The summed E-state index contributed by atoms with van der Waals surface area (Å²) >= 11 is 1.45. The molecule has 3 nitrogen and oxygen atoms in total. The zero-order valence-electron chi connectivity index (χ0n) is 10.6. The summed E-state index contributed by atoms with van der Waals surface area (Å²) in [7, 11) is 0. The van der Waals surface area contributed by atoms with Gasteiger partial charge in [-0.15, -0.1) is 0 Å². The highest BCUT2D eigenvalue weighted by Crippen LogP contribution is 2.22. The van der Waals surface area contributed by atoms with Gasteiger partial charge in [0, 0.05) is 5.69 Å². The molecule has 0 aliphatic heterocycles. The van der Waals surface area contributed by atoms with Crippen LogP contribution in [0.3, 0.4) is 0 Å². The molecule has 96 valence electrons. The molecule has 19 heavy (non-hydrogen) atoms. The van der Waals surface area contributed by atoms with Gasteiger partial charge in [0.15, 0.2) is 0 Å². The van der Waals surface area contributed by atoms with Crippen molar-refractivity contribution in [3.8, 4) is 5.69 Å². The number of nitrogens with two attached hydrogens (primary N) is 1. The van der Waals surface area contributed by atoms with Crippen LogP contribution < -0.4 is 11.3 Å².